The number of anilines is 1. The highest BCUT2D eigenvalue weighted by Gasteiger charge is 2.32. The van der Waals surface area contributed by atoms with Crippen LogP contribution in [-0.4, -0.2) is 72.0 Å². The third-order valence-electron chi connectivity index (χ3n) is 6.30. The maximum Gasteiger partial charge on any atom is 0.357 e. The van der Waals surface area contributed by atoms with Gasteiger partial charge in [-0.15, -0.1) is 0 Å². The van der Waals surface area contributed by atoms with Gasteiger partial charge in [-0.2, -0.15) is 0 Å². The molecule has 35 heavy (non-hydrogen) atoms. The number of nitro groups is 1. The van der Waals surface area contributed by atoms with Crippen LogP contribution in [0.4, 0.5) is 15.8 Å². The zero-order chi connectivity index (χ0) is 25.3. The standard InChI is InChI=1S/C25H28FN5O4/c1-17-4-9-21-20(16-17)22(23(31(34)35)25(33)30(21)15-10-27(2)3)28-11-13-29(14-12-28)24(32)18-5-7-19(26)8-6-18/h4-9,16H,10-15H2,1-3H3. The quantitative estimate of drug-likeness (QED) is 0.397. The number of piperazine rings is 1. The zero-order valence-corrected chi connectivity index (χ0v) is 20.0. The number of aryl methyl sites for hydroxylation is 1. The lowest BCUT2D eigenvalue weighted by Gasteiger charge is -2.36. The summed E-state index contributed by atoms with van der Waals surface area (Å²) in [6, 6.07) is 11.0. The average molecular weight is 482 g/mol. The third kappa shape index (κ3) is 4.88. The van der Waals surface area contributed by atoms with Gasteiger partial charge in [0.15, 0.2) is 0 Å². The molecule has 9 nitrogen and oxygen atoms in total. The normalized spacial score (nSPS) is 14.1. The summed E-state index contributed by atoms with van der Waals surface area (Å²) in [6.07, 6.45) is 0. The van der Waals surface area contributed by atoms with Crippen LogP contribution in [0.3, 0.4) is 0 Å². The molecule has 0 aliphatic carbocycles. The highest BCUT2D eigenvalue weighted by atomic mass is 19.1. The summed E-state index contributed by atoms with van der Waals surface area (Å²) in [6.45, 7) is 4.10. The monoisotopic (exact) mass is 481 g/mol. The molecule has 0 N–H and O–H groups in total. The van der Waals surface area contributed by atoms with E-state index < -0.39 is 22.0 Å². The van der Waals surface area contributed by atoms with Crippen LogP contribution in [0.5, 0.6) is 0 Å². The van der Waals surface area contributed by atoms with Gasteiger partial charge in [-0.05, 0) is 57.4 Å². The second-order valence-electron chi connectivity index (χ2n) is 9.02. The predicted molar refractivity (Wildman–Crippen MR) is 133 cm³/mol. The van der Waals surface area contributed by atoms with Crippen LogP contribution in [0.1, 0.15) is 15.9 Å². The Balaban J connectivity index is 1.72. The van der Waals surface area contributed by atoms with Gasteiger partial charge in [0.2, 0.25) is 0 Å². The summed E-state index contributed by atoms with van der Waals surface area (Å²) in [5, 5.41) is 12.8. The van der Waals surface area contributed by atoms with Crippen LogP contribution in [0, 0.1) is 22.9 Å². The molecule has 1 aromatic heterocycles. The van der Waals surface area contributed by atoms with E-state index in [2.05, 4.69) is 0 Å². The molecular weight excluding hydrogens is 453 g/mol. The smallest absolute Gasteiger partial charge is 0.357 e. The Bertz CT molecular complexity index is 1330. The zero-order valence-electron chi connectivity index (χ0n) is 20.0. The number of benzene rings is 2. The fourth-order valence-electron chi connectivity index (χ4n) is 4.46. The summed E-state index contributed by atoms with van der Waals surface area (Å²) in [7, 11) is 3.76. The topological polar surface area (TPSA) is 91.9 Å². The predicted octanol–water partition coefficient (Wildman–Crippen LogP) is 2.88. The molecular formula is C25H28FN5O4. The Labute approximate surface area is 202 Å². The maximum absolute atomic E-state index is 13.4. The maximum atomic E-state index is 13.4. The first-order valence-electron chi connectivity index (χ1n) is 11.4. The van der Waals surface area contributed by atoms with Crippen molar-refractivity contribution >= 4 is 28.2 Å². The van der Waals surface area contributed by atoms with Crippen molar-refractivity contribution < 1.29 is 14.1 Å². The van der Waals surface area contributed by atoms with Crippen molar-refractivity contribution in [3.8, 4) is 0 Å². The number of hydrogen-bond acceptors (Lipinski definition) is 6. The number of carbonyl (C=O) groups is 1. The molecule has 1 saturated heterocycles. The molecule has 3 aromatic rings. The number of amides is 1. The van der Waals surface area contributed by atoms with E-state index in [0.717, 1.165) is 5.56 Å². The van der Waals surface area contributed by atoms with Gasteiger partial charge in [0.05, 0.1) is 10.4 Å². The molecule has 0 radical (unpaired) electrons. The van der Waals surface area contributed by atoms with Gasteiger partial charge in [0.25, 0.3) is 5.91 Å². The van der Waals surface area contributed by atoms with Crippen LogP contribution in [-0.2, 0) is 6.54 Å². The van der Waals surface area contributed by atoms with Gasteiger partial charge in [-0.1, -0.05) is 11.6 Å². The van der Waals surface area contributed by atoms with Crippen LogP contribution >= 0.6 is 0 Å². The Kier molecular flexibility index (Phi) is 6.83. The number of carbonyl (C=O) groups excluding carboxylic acids is 1. The summed E-state index contributed by atoms with van der Waals surface area (Å²) in [5.41, 5.74) is 1.18. The Morgan fingerprint density at radius 2 is 1.74 bits per heavy atom. The number of halogens is 1. The highest BCUT2D eigenvalue weighted by molar-refractivity contribution is 5.98. The van der Waals surface area contributed by atoms with Crippen molar-refractivity contribution in [3.63, 3.8) is 0 Å². The number of rotatable bonds is 6. The summed E-state index contributed by atoms with van der Waals surface area (Å²) in [5.74, 6) is -0.639. The highest BCUT2D eigenvalue weighted by Crippen LogP contribution is 2.35. The minimum atomic E-state index is -0.631. The summed E-state index contributed by atoms with van der Waals surface area (Å²) >= 11 is 0. The summed E-state index contributed by atoms with van der Waals surface area (Å²) in [4.78, 5) is 43.1. The van der Waals surface area contributed by atoms with Gasteiger partial charge < -0.3 is 19.3 Å². The molecule has 1 aliphatic rings. The van der Waals surface area contributed by atoms with Crippen molar-refractivity contribution in [2.24, 2.45) is 0 Å². The van der Waals surface area contributed by atoms with Gasteiger partial charge in [-0.25, -0.2) is 4.39 Å². The van der Waals surface area contributed by atoms with Gasteiger partial charge in [0.1, 0.15) is 11.5 Å². The molecule has 2 heterocycles. The molecule has 10 heteroatoms. The lowest BCUT2D eigenvalue weighted by molar-refractivity contribution is -0.385. The first-order chi connectivity index (χ1) is 16.7. The largest absolute Gasteiger partial charge is 0.362 e. The molecule has 0 bridgehead atoms. The van der Waals surface area contributed by atoms with Gasteiger partial charge in [0, 0.05) is 50.2 Å². The molecule has 1 amide bonds. The Morgan fingerprint density at radius 3 is 2.34 bits per heavy atom. The number of fused-ring (bicyclic) bond motifs is 1. The minimum absolute atomic E-state index is 0.223. The molecule has 2 aromatic carbocycles. The van der Waals surface area contributed by atoms with Crippen LogP contribution in [0.15, 0.2) is 47.3 Å². The van der Waals surface area contributed by atoms with E-state index in [9.17, 15) is 24.1 Å². The molecule has 0 saturated carbocycles. The number of likely N-dealkylation sites (N-methyl/N-ethyl adjacent to an activating group) is 1. The molecule has 4 rings (SSSR count). The van der Waals surface area contributed by atoms with Gasteiger partial charge >= 0.3 is 11.2 Å². The van der Waals surface area contributed by atoms with Crippen molar-refractivity contribution in [2.45, 2.75) is 13.5 Å². The van der Waals surface area contributed by atoms with Crippen LogP contribution < -0.4 is 10.5 Å². The fraction of sp³-hybridized carbons (Fsp3) is 0.360. The molecule has 0 unspecified atom stereocenters. The number of hydrogen-bond donors (Lipinski definition) is 0. The van der Waals surface area contributed by atoms with E-state index in [-0.39, 0.29) is 5.91 Å². The molecule has 0 spiro atoms. The van der Waals surface area contributed by atoms with E-state index in [0.29, 0.717) is 61.4 Å². The molecule has 1 aliphatic heterocycles. The minimum Gasteiger partial charge on any atom is -0.362 e. The average Bonchev–Trinajstić information content (AvgIpc) is 2.82. The van der Waals surface area contributed by atoms with Gasteiger partial charge in [-0.3, -0.25) is 19.7 Å². The van der Waals surface area contributed by atoms with Crippen LogP contribution in [0.2, 0.25) is 0 Å². The van der Waals surface area contributed by atoms with Crippen molar-refractivity contribution in [1.29, 1.82) is 0 Å². The van der Waals surface area contributed by atoms with Crippen molar-refractivity contribution in [3.05, 3.63) is 79.9 Å². The first-order valence-corrected chi connectivity index (χ1v) is 11.4. The fourth-order valence-corrected chi connectivity index (χ4v) is 4.46. The Morgan fingerprint density at radius 1 is 1.09 bits per heavy atom. The lowest BCUT2D eigenvalue weighted by Crippen LogP contribution is -2.49. The van der Waals surface area contributed by atoms with Crippen LogP contribution in [0.25, 0.3) is 10.9 Å². The Hall–Kier alpha value is -3.79. The number of aromatic nitrogens is 1. The molecule has 184 valence electrons. The van der Waals surface area contributed by atoms with E-state index in [1.807, 2.05) is 49.0 Å². The summed E-state index contributed by atoms with van der Waals surface area (Å²) < 4.78 is 14.7. The van der Waals surface area contributed by atoms with E-state index in [1.54, 1.807) is 4.90 Å². The van der Waals surface area contributed by atoms with E-state index in [1.165, 1.54) is 28.8 Å². The molecule has 0 atom stereocenters. The van der Waals surface area contributed by atoms with E-state index in [4.69, 9.17) is 0 Å². The second-order valence-corrected chi connectivity index (χ2v) is 9.02. The number of nitrogens with zero attached hydrogens (tertiary/aromatic N) is 5. The number of pyridine rings is 1. The molecule has 1 fully saturated rings. The third-order valence-corrected chi connectivity index (χ3v) is 6.30. The first kappa shape index (κ1) is 24.3. The second kappa shape index (κ2) is 9.83. The van der Waals surface area contributed by atoms with Crippen molar-refractivity contribution in [1.82, 2.24) is 14.4 Å². The van der Waals surface area contributed by atoms with E-state index >= 15 is 0 Å². The van der Waals surface area contributed by atoms with Crippen molar-refractivity contribution in [2.75, 3.05) is 51.7 Å². The lowest BCUT2D eigenvalue weighted by atomic mass is 10.1. The SMILES string of the molecule is Cc1ccc2c(c1)c(N1CCN(C(=O)c3ccc(F)cc3)CC1)c([N+](=O)[O-])c(=O)n2CCN(C)C.